The molecule has 1 aromatic carbocycles. The Hall–Kier alpha value is -4.75. The summed E-state index contributed by atoms with van der Waals surface area (Å²) in [4.78, 5) is 61.7. The van der Waals surface area contributed by atoms with E-state index in [0.29, 0.717) is 49.8 Å². The van der Waals surface area contributed by atoms with Gasteiger partial charge in [0, 0.05) is 51.2 Å². The third-order valence-corrected chi connectivity index (χ3v) is 6.86. The monoisotopic (exact) mass is 553 g/mol. The van der Waals surface area contributed by atoms with Crippen LogP contribution in [0.25, 0.3) is 5.78 Å². The number of fused-ring (bicyclic) bond motifs is 1. The number of hydrogen-bond acceptors (Lipinski definition) is 9. The number of benzene rings is 1. The van der Waals surface area contributed by atoms with E-state index in [1.54, 1.807) is 39.9 Å². The van der Waals surface area contributed by atoms with Gasteiger partial charge in [0.1, 0.15) is 17.6 Å². The van der Waals surface area contributed by atoms with Crippen molar-refractivity contribution in [1.29, 1.82) is 0 Å². The number of amides is 3. The van der Waals surface area contributed by atoms with Crippen LogP contribution in [0.3, 0.4) is 0 Å². The van der Waals surface area contributed by atoms with Crippen molar-refractivity contribution < 1.29 is 33.0 Å². The third-order valence-electron chi connectivity index (χ3n) is 6.86. The molecule has 1 N–H and O–H groups in total. The van der Waals surface area contributed by atoms with Crippen molar-refractivity contribution in [3.8, 4) is 0 Å². The molecular formula is C26H28FN7O6. The maximum absolute atomic E-state index is 15.1. The van der Waals surface area contributed by atoms with Gasteiger partial charge in [0.05, 0.1) is 31.6 Å². The topological polar surface area (TPSA) is 139 Å². The number of hydrogen-bond donors (Lipinski definition) is 1. The first-order valence-corrected chi connectivity index (χ1v) is 12.8. The Kier molecular flexibility index (Phi) is 7.75. The van der Waals surface area contributed by atoms with E-state index in [2.05, 4.69) is 20.0 Å². The van der Waals surface area contributed by atoms with Gasteiger partial charge in [0.25, 0.3) is 5.91 Å². The second-order valence-corrected chi connectivity index (χ2v) is 9.37. The van der Waals surface area contributed by atoms with Gasteiger partial charge in [-0.1, -0.05) is 0 Å². The average molecular weight is 554 g/mol. The molecule has 0 radical (unpaired) electrons. The van der Waals surface area contributed by atoms with Crippen LogP contribution in [0.4, 0.5) is 20.6 Å². The molecular weight excluding hydrogens is 525 g/mol. The maximum atomic E-state index is 15.1. The summed E-state index contributed by atoms with van der Waals surface area (Å²) in [5, 5.41) is 2.59. The lowest BCUT2D eigenvalue weighted by Crippen LogP contribution is -2.51. The van der Waals surface area contributed by atoms with Crippen molar-refractivity contribution in [1.82, 2.24) is 24.6 Å². The van der Waals surface area contributed by atoms with Crippen LogP contribution in [0.5, 0.6) is 0 Å². The number of piperazine rings is 1. The molecule has 0 saturated carbocycles. The van der Waals surface area contributed by atoms with Crippen molar-refractivity contribution in [2.24, 2.45) is 0 Å². The molecule has 0 aliphatic carbocycles. The van der Waals surface area contributed by atoms with Crippen LogP contribution >= 0.6 is 0 Å². The van der Waals surface area contributed by atoms with Crippen LogP contribution in [-0.4, -0.2) is 95.6 Å². The Morgan fingerprint density at radius 1 is 1.20 bits per heavy atom. The predicted octanol–water partition coefficient (Wildman–Crippen LogP) is 1.23. The number of methoxy groups -OCH3 is 1. The summed E-state index contributed by atoms with van der Waals surface area (Å²) in [7, 11) is 1.29. The Labute approximate surface area is 228 Å². The largest absolute Gasteiger partial charge is 0.469 e. The second-order valence-electron chi connectivity index (χ2n) is 9.37. The van der Waals surface area contributed by atoms with Gasteiger partial charge in [0.2, 0.25) is 11.7 Å². The zero-order valence-electron chi connectivity index (χ0n) is 21.8. The Balaban J connectivity index is 1.11. The molecule has 40 heavy (non-hydrogen) atoms. The molecule has 2 aromatic heterocycles. The van der Waals surface area contributed by atoms with Crippen LogP contribution in [-0.2, 0) is 19.1 Å². The number of nitrogens with one attached hydrogen (secondary N) is 1. The van der Waals surface area contributed by atoms with E-state index >= 15 is 4.39 Å². The number of ether oxygens (including phenoxy) is 2. The molecule has 0 unspecified atom stereocenters. The van der Waals surface area contributed by atoms with Gasteiger partial charge in [-0.2, -0.15) is 0 Å². The van der Waals surface area contributed by atoms with Crippen LogP contribution in [0, 0.1) is 5.82 Å². The fraction of sp³-hybridized carbons (Fsp3) is 0.385. The van der Waals surface area contributed by atoms with Gasteiger partial charge in [-0.3, -0.25) is 23.7 Å². The van der Waals surface area contributed by atoms with Crippen molar-refractivity contribution in [3.63, 3.8) is 0 Å². The molecule has 14 heteroatoms. The number of carbonyl (C=O) groups is 4. The van der Waals surface area contributed by atoms with Crippen molar-refractivity contribution in [2.45, 2.75) is 18.9 Å². The van der Waals surface area contributed by atoms with E-state index < -0.39 is 29.9 Å². The molecule has 3 aromatic rings. The zero-order valence-corrected chi connectivity index (χ0v) is 21.8. The average Bonchev–Trinajstić information content (AvgIpc) is 3.58. The fourth-order valence-electron chi connectivity index (χ4n) is 4.68. The Bertz CT molecular complexity index is 1400. The van der Waals surface area contributed by atoms with Crippen LogP contribution in [0.15, 0.2) is 42.9 Å². The zero-order chi connectivity index (χ0) is 28.2. The fourth-order valence-corrected chi connectivity index (χ4v) is 4.68. The van der Waals surface area contributed by atoms with Crippen molar-refractivity contribution in [3.05, 3.63) is 54.4 Å². The minimum atomic E-state index is -0.598. The third kappa shape index (κ3) is 5.80. The minimum absolute atomic E-state index is 0.121. The number of imidazole rings is 1. The van der Waals surface area contributed by atoms with E-state index in [4.69, 9.17) is 4.74 Å². The summed E-state index contributed by atoms with van der Waals surface area (Å²) in [5.74, 6) is -1.23. The number of aromatic nitrogens is 3. The van der Waals surface area contributed by atoms with Crippen molar-refractivity contribution in [2.75, 3.05) is 56.2 Å². The molecule has 2 aliphatic heterocycles. The molecule has 5 rings (SSSR count). The first-order valence-electron chi connectivity index (χ1n) is 12.8. The number of cyclic esters (lactones) is 1. The standard InChI is InChI=1S/C26H28FN7O6/c1-39-23(36)6-4-18-15-34(26(38)40-18)17-3-5-21(19(27)13-17)31-9-11-32(12-10-31)22(35)14-29-24(37)20-16-33-8-2-7-28-25(33)30-20/h2-3,5,7-8,13,16,18H,4,6,9-12,14-15H2,1H3,(H,29,37)/t18-/m0/s1. The van der Waals surface area contributed by atoms with E-state index in [0.717, 1.165) is 0 Å². The van der Waals surface area contributed by atoms with E-state index in [9.17, 15) is 19.2 Å². The molecule has 3 amide bonds. The number of carbonyl (C=O) groups excluding carboxylic acids is 4. The summed E-state index contributed by atoms with van der Waals surface area (Å²) >= 11 is 0. The molecule has 0 spiro atoms. The number of anilines is 2. The summed E-state index contributed by atoms with van der Waals surface area (Å²) < 4.78 is 26.6. The number of esters is 1. The number of rotatable bonds is 8. The van der Waals surface area contributed by atoms with E-state index in [1.807, 2.05) is 4.90 Å². The van der Waals surface area contributed by atoms with Crippen LogP contribution < -0.4 is 15.1 Å². The lowest BCUT2D eigenvalue weighted by atomic mass is 10.1. The summed E-state index contributed by atoms with van der Waals surface area (Å²) in [5.41, 5.74) is 0.881. The minimum Gasteiger partial charge on any atom is -0.469 e. The highest BCUT2D eigenvalue weighted by Crippen LogP contribution is 2.29. The number of halogens is 1. The first kappa shape index (κ1) is 26.8. The lowest BCUT2D eigenvalue weighted by Gasteiger charge is -2.36. The van der Waals surface area contributed by atoms with Crippen molar-refractivity contribution >= 4 is 41.0 Å². The molecule has 2 fully saturated rings. The quantitative estimate of drug-likeness (QED) is 0.408. The molecule has 2 aliphatic rings. The summed E-state index contributed by atoms with van der Waals surface area (Å²) in [6, 6.07) is 6.24. The highest BCUT2D eigenvalue weighted by molar-refractivity contribution is 5.95. The normalized spacial score (nSPS) is 17.2. The first-order chi connectivity index (χ1) is 19.3. The lowest BCUT2D eigenvalue weighted by molar-refractivity contribution is -0.141. The van der Waals surface area contributed by atoms with Crippen LogP contribution in [0.2, 0.25) is 0 Å². The molecule has 210 valence electrons. The smallest absolute Gasteiger partial charge is 0.414 e. The van der Waals surface area contributed by atoms with Gasteiger partial charge in [-0.15, -0.1) is 0 Å². The maximum Gasteiger partial charge on any atom is 0.414 e. The molecule has 13 nitrogen and oxygen atoms in total. The Morgan fingerprint density at radius 2 is 2.00 bits per heavy atom. The molecule has 2 saturated heterocycles. The summed E-state index contributed by atoms with van der Waals surface area (Å²) in [6.45, 7) is 1.53. The second kappa shape index (κ2) is 11.6. The van der Waals surface area contributed by atoms with Gasteiger partial charge in [0.15, 0.2) is 0 Å². The van der Waals surface area contributed by atoms with Gasteiger partial charge in [-0.05, 0) is 30.7 Å². The molecule has 0 bridgehead atoms. The van der Waals surface area contributed by atoms with Gasteiger partial charge in [-0.25, -0.2) is 19.2 Å². The Morgan fingerprint density at radius 3 is 2.73 bits per heavy atom. The molecule has 4 heterocycles. The van der Waals surface area contributed by atoms with E-state index in [1.165, 1.54) is 24.3 Å². The molecule has 1 atom stereocenters. The van der Waals surface area contributed by atoms with E-state index in [-0.39, 0.29) is 31.1 Å². The van der Waals surface area contributed by atoms with Gasteiger partial charge < -0.3 is 24.6 Å². The van der Waals surface area contributed by atoms with Gasteiger partial charge >= 0.3 is 12.1 Å². The summed E-state index contributed by atoms with van der Waals surface area (Å²) in [6.07, 6.45) is 4.19. The predicted molar refractivity (Wildman–Crippen MR) is 139 cm³/mol. The van der Waals surface area contributed by atoms with Crippen LogP contribution in [0.1, 0.15) is 23.3 Å². The SMILES string of the molecule is COC(=O)CC[C@H]1CN(c2ccc(N3CCN(C(=O)CNC(=O)c4cn5cccnc5n4)CC3)c(F)c2)C(=O)O1. The highest BCUT2D eigenvalue weighted by atomic mass is 19.1. The highest BCUT2D eigenvalue weighted by Gasteiger charge is 2.33. The number of nitrogens with zero attached hydrogens (tertiary/aromatic N) is 6.